The van der Waals surface area contributed by atoms with Crippen LogP contribution in [0, 0.1) is 0 Å². The van der Waals surface area contributed by atoms with Crippen LogP contribution in [0.4, 0.5) is 11.4 Å². The van der Waals surface area contributed by atoms with Crippen molar-refractivity contribution in [2.75, 3.05) is 18.2 Å². The average Bonchev–Trinajstić information content (AvgIpc) is 2.43. The molecule has 2 aromatic carbocycles. The van der Waals surface area contributed by atoms with E-state index in [1.165, 1.54) is 7.11 Å². The molecular formula is C14H12BrClN2O2. The van der Waals surface area contributed by atoms with Crippen molar-refractivity contribution in [3.05, 3.63) is 51.5 Å². The number of halogens is 2. The molecular weight excluding hydrogens is 344 g/mol. The van der Waals surface area contributed by atoms with Gasteiger partial charge in [0, 0.05) is 5.69 Å². The lowest BCUT2D eigenvalue weighted by molar-refractivity contribution is 0.102. The van der Waals surface area contributed by atoms with E-state index in [2.05, 4.69) is 21.2 Å². The van der Waals surface area contributed by atoms with Crippen molar-refractivity contribution in [3.63, 3.8) is 0 Å². The van der Waals surface area contributed by atoms with Gasteiger partial charge in [0.05, 0.1) is 27.9 Å². The number of ether oxygens (including phenoxy) is 1. The van der Waals surface area contributed by atoms with Gasteiger partial charge in [-0.1, -0.05) is 17.7 Å². The zero-order chi connectivity index (χ0) is 14.7. The Kier molecular flexibility index (Phi) is 4.52. The summed E-state index contributed by atoms with van der Waals surface area (Å²) in [6.45, 7) is 0. The van der Waals surface area contributed by atoms with Gasteiger partial charge in [-0.3, -0.25) is 4.79 Å². The van der Waals surface area contributed by atoms with E-state index >= 15 is 0 Å². The highest BCUT2D eigenvalue weighted by molar-refractivity contribution is 9.10. The van der Waals surface area contributed by atoms with Crippen LogP contribution in [0.2, 0.25) is 5.02 Å². The quantitative estimate of drug-likeness (QED) is 0.820. The molecule has 6 heteroatoms. The maximum absolute atomic E-state index is 12.3. The molecule has 4 nitrogen and oxygen atoms in total. The minimum Gasteiger partial charge on any atom is -0.496 e. The molecule has 2 rings (SSSR count). The van der Waals surface area contributed by atoms with Gasteiger partial charge in [-0.15, -0.1) is 0 Å². The minimum atomic E-state index is -0.322. The fourth-order valence-electron chi connectivity index (χ4n) is 1.69. The number of methoxy groups -OCH3 is 1. The molecule has 20 heavy (non-hydrogen) atoms. The maximum atomic E-state index is 12.3. The van der Waals surface area contributed by atoms with E-state index in [9.17, 15) is 4.79 Å². The van der Waals surface area contributed by atoms with Crippen LogP contribution in [0.1, 0.15) is 10.4 Å². The first-order valence-corrected chi connectivity index (χ1v) is 6.89. The molecule has 0 aliphatic heterocycles. The molecule has 0 radical (unpaired) electrons. The van der Waals surface area contributed by atoms with E-state index in [1.807, 2.05) is 0 Å². The second-order valence-corrected chi connectivity index (χ2v) is 5.22. The Morgan fingerprint density at radius 2 is 2.10 bits per heavy atom. The predicted molar refractivity (Wildman–Crippen MR) is 84.5 cm³/mol. The van der Waals surface area contributed by atoms with Gasteiger partial charge in [0.25, 0.3) is 5.91 Å². The second kappa shape index (κ2) is 6.15. The summed E-state index contributed by atoms with van der Waals surface area (Å²) < 4.78 is 5.78. The van der Waals surface area contributed by atoms with Crippen LogP contribution in [-0.4, -0.2) is 13.0 Å². The highest BCUT2D eigenvalue weighted by atomic mass is 79.9. The summed E-state index contributed by atoms with van der Waals surface area (Å²) in [6, 6.07) is 10.1. The van der Waals surface area contributed by atoms with E-state index in [-0.39, 0.29) is 5.91 Å². The van der Waals surface area contributed by atoms with Gasteiger partial charge in [-0.2, -0.15) is 0 Å². The number of carbonyl (C=O) groups is 1. The Labute approximate surface area is 130 Å². The fourth-order valence-corrected chi connectivity index (χ4v) is 2.23. The summed E-state index contributed by atoms with van der Waals surface area (Å²) >= 11 is 9.31. The summed E-state index contributed by atoms with van der Waals surface area (Å²) in [5.41, 5.74) is 7.13. The number of hydrogen-bond donors (Lipinski definition) is 2. The molecule has 0 saturated heterocycles. The molecule has 0 saturated carbocycles. The van der Waals surface area contributed by atoms with Crippen LogP contribution in [0.3, 0.4) is 0 Å². The number of nitrogen functional groups attached to an aromatic ring is 1. The molecule has 104 valence electrons. The molecule has 0 aliphatic carbocycles. The average molecular weight is 356 g/mol. The molecule has 3 N–H and O–H groups in total. The second-order valence-electron chi connectivity index (χ2n) is 4.02. The van der Waals surface area contributed by atoms with Crippen molar-refractivity contribution in [1.29, 1.82) is 0 Å². The zero-order valence-corrected chi connectivity index (χ0v) is 13.0. The lowest BCUT2D eigenvalue weighted by Crippen LogP contribution is -2.14. The van der Waals surface area contributed by atoms with E-state index in [0.717, 1.165) is 0 Å². The van der Waals surface area contributed by atoms with Gasteiger partial charge in [0.2, 0.25) is 0 Å². The van der Waals surface area contributed by atoms with Crippen molar-refractivity contribution in [2.45, 2.75) is 0 Å². The molecule has 0 aliphatic rings. The number of rotatable bonds is 3. The Balaban J connectivity index is 2.33. The molecule has 2 aromatic rings. The first-order chi connectivity index (χ1) is 9.52. The van der Waals surface area contributed by atoms with Crippen LogP contribution in [0.5, 0.6) is 5.75 Å². The number of anilines is 2. The highest BCUT2D eigenvalue weighted by Crippen LogP contribution is 2.31. The monoisotopic (exact) mass is 354 g/mol. The minimum absolute atomic E-state index is 0.322. The third kappa shape index (κ3) is 3.05. The predicted octanol–water partition coefficient (Wildman–Crippen LogP) is 3.95. The van der Waals surface area contributed by atoms with E-state index in [0.29, 0.717) is 32.2 Å². The van der Waals surface area contributed by atoms with Crippen LogP contribution in [-0.2, 0) is 0 Å². The summed E-state index contributed by atoms with van der Waals surface area (Å²) in [5.74, 6) is 0.131. The van der Waals surface area contributed by atoms with Gasteiger partial charge < -0.3 is 15.8 Å². The number of hydrogen-bond acceptors (Lipinski definition) is 3. The maximum Gasteiger partial charge on any atom is 0.259 e. The van der Waals surface area contributed by atoms with Gasteiger partial charge in [0.1, 0.15) is 5.75 Å². The lowest BCUT2D eigenvalue weighted by Gasteiger charge is -2.11. The molecule has 0 bridgehead atoms. The molecule has 0 unspecified atom stereocenters. The SMILES string of the molecule is COc1ccc(N)cc1C(=O)Nc1cccc(Cl)c1Br. The molecule has 1 amide bonds. The number of carbonyl (C=O) groups excluding carboxylic acids is 1. The Morgan fingerprint density at radius 1 is 1.35 bits per heavy atom. The molecule has 0 heterocycles. The molecule has 0 fully saturated rings. The Hall–Kier alpha value is -1.72. The molecule has 0 spiro atoms. The highest BCUT2D eigenvalue weighted by Gasteiger charge is 2.14. The topological polar surface area (TPSA) is 64.3 Å². The number of nitrogens with two attached hydrogens (primary N) is 1. The summed E-state index contributed by atoms with van der Waals surface area (Å²) in [5, 5.41) is 3.28. The van der Waals surface area contributed by atoms with Gasteiger partial charge >= 0.3 is 0 Å². The van der Waals surface area contributed by atoms with E-state index < -0.39 is 0 Å². The van der Waals surface area contributed by atoms with Gasteiger partial charge in [-0.05, 0) is 46.3 Å². The van der Waals surface area contributed by atoms with E-state index in [1.54, 1.807) is 36.4 Å². The van der Waals surface area contributed by atoms with Gasteiger partial charge in [-0.25, -0.2) is 0 Å². The number of benzene rings is 2. The smallest absolute Gasteiger partial charge is 0.259 e. The van der Waals surface area contributed by atoms with Crippen LogP contribution in [0.25, 0.3) is 0 Å². The zero-order valence-electron chi connectivity index (χ0n) is 10.6. The first-order valence-electron chi connectivity index (χ1n) is 5.72. The fraction of sp³-hybridized carbons (Fsp3) is 0.0714. The van der Waals surface area contributed by atoms with Crippen LogP contribution in [0.15, 0.2) is 40.9 Å². The molecule has 0 atom stereocenters. The Morgan fingerprint density at radius 3 is 2.80 bits per heavy atom. The van der Waals surface area contributed by atoms with Crippen molar-refractivity contribution >= 4 is 44.8 Å². The van der Waals surface area contributed by atoms with Crippen molar-refractivity contribution in [3.8, 4) is 5.75 Å². The number of nitrogens with one attached hydrogen (secondary N) is 1. The number of amides is 1. The van der Waals surface area contributed by atoms with Crippen LogP contribution >= 0.6 is 27.5 Å². The Bertz CT molecular complexity index is 662. The lowest BCUT2D eigenvalue weighted by atomic mass is 10.1. The summed E-state index contributed by atoms with van der Waals surface area (Å²) in [4.78, 5) is 12.3. The normalized spacial score (nSPS) is 10.2. The van der Waals surface area contributed by atoms with E-state index in [4.69, 9.17) is 22.1 Å². The summed E-state index contributed by atoms with van der Waals surface area (Å²) in [7, 11) is 1.50. The standard InChI is InChI=1S/C14H12BrClN2O2/c1-20-12-6-5-8(17)7-9(12)14(19)18-11-4-2-3-10(16)13(11)15/h2-7H,17H2,1H3,(H,18,19). The first kappa shape index (κ1) is 14.7. The largest absolute Gasteiger partial charge is 0.496 e. The summed E-state index contributed by atoms with van der Waals surface area (Å²) in [6.07, 6.45) is 0. The third-order valence-corrected chi connectivity index (χ3v) is 4.07. The molecule has 0 aromatic heterocycles. The third-order valence-electron chi connectivity index (χ3n) is 2.67. The van der Waals surface area contributed by atoms with Crippen molar-refractivity contribution in [1.82, 2.24) is 0 Å². The van der Waals surface area contributed by atoms with Crippen molar-refractivity contribution < 1.29 is 9.53 Å². The van der Waals surface area contributed by atoms with Crippen molar-refractivity contribution in [2.24, 2.45) is 0 Å². The van der Waals surface area contributed by atoms with Gasteiger partial charge in [0.15, 0.2) is 0 Å². The van der Waals surface area contributed by atoms with Crippen LogP contribution < -0.4 is 15.8 Å².